The minimum Gasteiger partial charge on any atom is -0.481 e. The molecule has 0 aromatic heterocycles. The molecule has 1 amide bonds. The first-order valence-electron chi connectivity index (χ1n) is 7.53. The Labute approximate surface area is 136 Å². The SMILES string of the molecule is CS(=O)(=O)C(Cc1ccccc1)C(=O)N1CCC(C(=O)O)CC1. The highest BCUT2D eigenvalue weighted by Gasteiger charge is 2.35. The second-order valence-corrected chi connectivity index (χ2v) is 8.17. The lowest BCUT2D eigenvalue weighted by Gasteiger charge is -2.32. The second kappa shape index (κ2) is 7.12. The highest BCUT2D eigenvalue weighted by Crippen LogP contribution is 2.20. The summed E-state index contributed by atoms with van der Waals surface area (Å²) >= 11 is 0. The number of likely N-dealkylation sites (tertiary alicyclic amines) is 1. The molecule has 1 saturated heterocycles. The lowest BCUT2D eigenvalue weighted by Crippen LogP contribution is -2.48. The molecule has 0 radical (unpaired) electrons. The van der Waals surface area contributed by atoms with E-state index in [2.05, 4.69) is 0 Å². The van der Waals surface area contributed by atoms with Gasteiger partial charge in [-0.25, -0.2) is 8.42 Å². The Morgan fingerprint density at radius 2 is 1.78 bits per heavy atom. The molecule has 0 bridgehead atoms. The number of carbonyl (C=O) groups excluding carboxylic acids is 1. The van der Waals surface area contributed by atoms with E-state index in [4.69, 9.17) is 5.11 Å². The molecule has 1 aromatic rings. The fourth-order valence-corrected chi connectivity index (χ4v) is 3.81. The molecule has 6 nitrogen and oxygen atoms in total. The van der Waals surface area contributed by atoms with Crippen molar-refractivity contribution in [3.8, 4) is 0 Å². The zero-order valence-corrected chi connectivity index (χ0v) is 13.8. The summed E-state index contributed by atoms with van der Waals surface area (Å²) in [5.41, 5.74) is 0.789. The zero-order valence-electron chi connectivity index (χ0n) is 13.0. The normalized spacial score (nSPS) is 17.7. The molecular formula is C16H21NO5S. The van der Waals surface area contributed by atoms with Crippen LogP contribution in [0.5, 0.6) is 0 Å². The molecule has 1 N–H and O–H groups in total. The Balaban J connectivity index is 2.11. The molecule has 0 saturated carbocycles. The molecule has 1 aromatic carbocycles. The van der Waals surface area contributed by atoms with Gasteiger partial charge in [0.1, 0.15) is 5.25 Å². The lowest BCUT2D eigenvalue weighted by atomic mass is 9.96. The molecule has 1 unspecified atom stereocenters. The summed E-state index contributed by atoms with van der Waals surface area (Å²) in [5, 5.41) is 7.88. The first-order chi connectivity index (χ1) is 10.8. The van der Waals surface area contributed by atoms with Crippen LogP contribution < -0.4 is 0 Å². The number of carbonyl (C=O) groups is 2. The zero-order chi connectivity index (χ0) is 17.0. The number of amides is 1. The second-order valence-electron chi connectivity index (χ2n) is 5.95. The van der Waals surface area contributed by atoms with Crippen molar-refractivity contribution in [3.05, 3.63) is 35.9 Å². The van der Waals surface area contributed by atoms with Gasteiger partial charge in [0.15, 0.2) is 9.84 Å². The summed E-state index contributed by atoms with van der Waals surface area (Å²) in [6.45, 7) is 0.577. The fourth-order valence-electron chi connectivity index (χ4n) is 2.80. The Hall–Kier alpha value is -1.89. The Morgan fingerprint density at radius 3 is 2.26 bits per heavy atom. The van der Waals surface area contributed by atoms with E-state index in [9.17, 15) is 18.0 Å². The quantitative estimate of drug-likeness (QED) is 0.863. The average molecular weight is 339 g/mol. The molecule has 1 heterocycles. The van der Waals surface area contributed by atoms with Crippen molar-refractivity contribution in [2.75, 3.05) is 19.3 Å². The number of carboxylic acid groups (broad SMARTS) is 1. The smallest absolute Gasteiger partial charge is 0.306 e. The van der Waals surface area contributed by atoms with Gasteiger partial charge in [-0.15, -0.1) is 0 Å². The summed E-state index contributed by atoms with van der Waals surface area (Å²) in [5.74, 6) is -1.74. The molecule has 0 aliphatic carbocycles. The molecule has 1 aliphatic heterocycles. The maximum absolute atomic E-state index is 12.6. The van der Waals surface area contributed by atoms with Crippen molar-refractivity contribution in [1.29, 1.82) is 0 Å². The van der Waals surface area contributed by atoms with Crippen LogP contribution in [0, 0.1) is 5.92 Å². The number of piperidine rings is 1. The van der Waals surface area contributed by atoms with Crippen LogP contribution in [0.4, 0.5) is 0 Å². The molecule has 23 heavy (non-hydrogen) atoms. The number of carboxylic acids is 1. The Bertz CT molecular complexity index is 663. The summed E-state index contributed by atoms with van der Waals surface area (Å²) in [6, 6.07) is 9.02. The van der Waals surface area contributed by atoms with Gasteiger partial charge < -0.3 is 10.0 Å². The van der Waals surface area contributed by atoms with Crippen LogP contribution in [-0.4, -0.2) is 54.9 Å². The van der Waals surface area contributed by atoms with E-state index >= 15 is 0 Å². The average Bonchev–Trinajstić information content (AvgIpc) is 2.52. The number of hydrogen-bond donors (Lipinski definition) is 1. The van der Waals surface area contributed by atoms with Gasteiger partial charge in [-0.05, 0) is 24.8 Å². The number of hydrogen-bond acceptors (Lipinski definition) is 4. The van der Waals surface area contributed by atoms with Crippen molar-refractivity contribution >= 4 is 21.7 Å². The van der Waals surface area contributed by atoms with Gasteiger partial charge in [0.25, 0.3) is 0 Å². The Kier molecular flexibility index (Phi) is 5.41. The maximum Gasteiger partial charge on any atom is 0.306 e. The molecule has 1 fully saturated rings. The van der Waals surface area contributed by atoms with Crippen molar-refractivity contribution in [2.45, 2.75) is 24.5 Å². The predicted octanol–water partition coefficient (Wildman–Crippen LogP) is 0.965. The minimum atomic E-state index is -3.55. The fraction of sp³-hybridized carbons (Fsp3) is 0.500. The van der Waals surface area contributed by atoms with Crippen LogP contribution in [0.3, 0.4) is 0 Å². The van der Waals surface area contributed by atoms with E-state index in [0.717, 1.165) is 11.8 Å². The van der Waals surface area contributed by atoms with Crippen LogP contribution in [0.25, 0.3) is 0 Å². The van der Waals surface area contributed by atoms with Gasteiger partial charge >= 0.3 is 5.97 Å². The van der Waals surface area contributed by atoms with E-state index in [1.54, 1.807) is 24.3 Å². The third-order valence-corrected chi connectivity index (χ3v) is 5.61. The third kappa shape index (κ3) is 4.54. The van der Waals surface area contributed by atoms with Gasteiger partial charge in [0.05, 0.1) is 5.92 Å². The van der Waals surface area contributed by atoms with Crippen LogP contribution >= 0.6 is 0 Å². The summed E-state index contributed by atoms with van der Waals surface area (Å²) < 4.78 is 24.1. The molecule has 2 rings (SSSR count). The van der Waals surface area contributed by atoms with E-state index in [1.165, 1.54) is 4.90 Å². The lowest BCUT2D eigenvalue weighted by molar-refractivity contribution is -0.145. The monoisotopic (exact) mass is 339 g/mol. The van der Waals surface area contributed by atoms with E-state index in [-0.39, 0.29) is 19.5 Å². The number of sulfone groups is 1. The van der Waals surface area contributed by atoms with Crippen LogP contribution in [0.1, 0.15) is 18.4 Å². The van der Waals surface area contributed by atoms with Crippen LogP contribution in [0.2, 0.25) is 0 Å². The highest BCUT2D eigenvalue weighted by atomic mass is 32.2. The van der Waals surface area contributed by atoms with Crippen molar-refractivity contribution < 1.29 is 23.1 Å². The number of benzene rings is 1. The van der Waals surface area contributed by atoms with Crippen molar-refractivity contribution in [3.63, 3.8) is 0 Å². The number of nitrogens with zero attached hydrogens (tertiary/aromatic N) is 1. The van der Waals surface area contributed by atoms with Gasteiger partial charge in [0.2, 0.25) is 5.91 Å². The summed E-state index contributed by atoms with van der Waals surface area (Å²) in [6.07, 6.45) is 1.94. The van der Waals surface area contributed by atoms with Gasteiger partial charge in [-0.3, -0.25) is 9.59 Å². The molecule has 0 spiro atoms. The van der Waals surface area contributed by atoms with Gasteiger partial charge in [-0.2, -0.15) is 0 Å². The van der Waals surface area contributed by atoms with E-state index < -0.39 is 32.9 Å². The molecule has 1 atom stereocenters. The highest BCUT2D eigenvalue weighted by molar-refractivity contribution is 7.92. The molecule has 126 valence electrons. The third-order valence-electron chi connectivity index (χ3n) is 4.21. The van der Waals surface area contributed by atoms with E-state index in [1.807, 2.05) is 6.07 Å². The summed E-state index contributed by atoms with van der Waals surface area (Å²) in [4.78, 5) is 25.1. The maximum atomic E-state index is 12.6. The Morgan fingerprint density at radius 1 is 1.22 bits per heavy atom. The van der Waals surface area contributed by atoms with Crippen molar-refractivity contribution in [2.24, 2.45) is 5.92 Å². The molecular weight excluding hydrogens is 318 g/mol. The van der Waals surface area contributed by atoms with Gasteiger partial charge in [0, 0.05) is 19.3 Å². The first kappa shape index (κ1) is 17.5. The van der Waals surface area contributed by atoms with E-state index in [0.29, 0.717) is 12.8 Å². The van der Waals surface area contributed by atoms with Crippen molar-refractivity contribution in [1.82, 2.24) is 4.90 Å². The van der Waals surface area contributed by atoms with Crippen LogP contribution in [-0.2, 0) is 25.8 Å². The van der Waals surface area contributed by atoms with Crippen LogP contribution in [0.15, 0.2) is 30.3 Å². The first-order valence-corrected chi connectivity index (χ1v) is 9.49. The van der Waals surface area contributed by atoms with Gasteiger partial charge in [-0.1, -0.05) is 30.3 Å². The molecule has 1 aliphatic rings. The summed E-state index contributed by atoms with van der Waals surface area (Å²) in [7, 11) is -3.55. The largest absolute Gasteiger partial charge is 0.481 e. The molecule has 7 heteroatoms. The predicted molar refractivity (Wildman–Crippen MR) is 85.7 cm³/mol. The minimum absolute atomic E-state index is 0.136. The standard InChI is InChI=1S/C16H21NO5S/c1-23(21,22)14(11-12-5-3-2-4-6-12)15(18)17-9-7-13(8-10-17)16(19)20/h2-6,13-14H,7-11H2,1H3,(H,19,20). The number of rotatable bonds is 5. The topological polar surface area (TPSA) is 91.8 Å². The number of aliphatic carboxylic acids is 1.